The summed E-state index contributed by atoms with van der Waals surface area (Å²) < 4.78 is 5.38. The van der Waals surface area contributed by atoms with E-state index in [-0.39, 0.29) is 11.6 Å². The van der Waals surface area contributed by atoms with Gasteiger partial charge in [0.1, 0.15) is 5.75 Å². The van der Waals surface area contributed by atoms with Crippen LogP contribution in [0, 0.1) is 11.8 Å². The minimum Gasteiger partial charge on any atom is -0.497 e. The monoisotopic (exact) mass is 428 g/mol. The Balaban J connectivity index is 1.29. The Kier molecular flexibility index (Phi) is 4.70. The van der Waals surface area contributed by atoms with Crippen LogP contribution in [0.2, 0.25) is 0 Å². The fourth-order valence-corrected chi connectivity index (χ4v) is 6.69. The van der Waals surface area contributed by atoms with Crippen molar-refractivity contribution in [3.63, 3.8) is 0 Å². The first-order valence-electron chi connectivity index (χ1n) is 11.9. The number of hydrogen-bond donors (Lipinski definition) is 2. The van der Waals surface area contributed by atoms with Crippen LogP contribution in [-0.2, 0) is 12.0 Å². The number of ether oxygens (including phenoxy) is 1. The molecule has 2 aliphatic heterocycles. The highest BCUT2D eigenvalue weighted by atomic mass is 16.5. The molecule has 4 atom stereocenters. The molecule has 0 spiro atoms. The van der Waals surface area contributed by atoms with Crippen molar-refractivity contribution in [2.24, 2.45) is 11.8 Å². The summed E-state index contributed by atoms with van der Waals surface area (Å²) in [5, 5.41) is 12.5. The van der Waals surface area contributed by atoms with E-state index in [2.05, 4.69) is 53.2 Å². The summed E-state index contributed by atoms with van der Waals surface area (Å²) in [5.74, 6) is 2.01. The van der Waals surface area contributed by atoms with Gasteiger partial charge in [0.25, 0.3) is 0 Å². The lowest BCUT2D eigenvalue weighted by Gasteiger charge is -2.55. The van der Waals surface area contributed by atoms with Gasteiger partial charge in [0.2, 0.25) is 0 Å². The van der Waals surface area contributed by atoms with Crippen molar-refractivity contribution < 1.29 is 9.84 Å². The fourth-order valence-electron chi connectivity index (χ4n) is 6.69. The number of methoxy groups -OCH3 is 1. The Morgan fingerprint density at radius 3 is 2.91 bits per heavy atom. The lowest BCUT2D eigenvalue weighted by Crippen LogP contribution is -2.57. The van der Waals surface area contributed by atoms with Crippen molar-refractivity contribution in [1.82, 2.24) is 9.88 Å². The van der Waals surface area contributed by atoms with Gasteiger partial charge < -0.3 is 14.8 Å². The lowest BCUT2D eigenvalue weighted by atomic mass is 9.64. The standard InChI is InChI=1S/C28H32N2O2/c1-28-16-20-15-26(31)19(12-18-6-5-7-22(13-18)32-2)14-21(20)17-30(28)11-10-24-23-8-3-4-9-25(23)29-27(24)28/h3-9,12-13,20-21,26,29,31H,10-11,14-17H2,1-2H3/b19-12+/t20?,21?,26-,28-/m0/s1. The van der Waals surface area contributed by atoms with Crippen LogP contribution in [0.15, 0.2) is 54.1 Å². The number of aromatic nitrogens is 1. The minimum atomic E-state index is -0.358. The highest BCUT2D eigenvalue weighted by Gasteiger charge is 2.49. The zero-order valence-electron chi connectivity index (χ0n) is 19.0. The second kappa shape index (κ2) is 7.50. The summed E-state index contributed by atoms with van der Waals surface area (Å²) in [6.45, 7) is 4.65. The van der Waals surface area contributed by atoms with E-state index in [0.717, 1.165) is 50.1 Å². The number of aliphatic hydroxyl groups is 1. The molecule has 4 nitrogen and oxygen atoms in total. The van der Waals surface area contributed by atoms with Gasteiger partial charge >= 0.3 is 0 Å². The number of benzene rings is 2. The van der Waals surface area contributed by atoms with Crippen LogP contribution in [0.1, 0.15) is 43.0 Å². The smallest absolute Gasteiger partial charge is 0.119 e. The van der Waals surface area contributed by atoms with Crippen molar-refractivity contribution in [2.75, 3.05) is 20.2 Å². The molecule has 2 unspecified atom stereocenters. The maximum Gasteiger partial charge on any atom is 0.119 e. The Labute approximate surface area is 189 Å². The van der Waals surface area contributed by atoms with Gasteiger partial charge in [-0.25, -0.2) is 0 Å². The second-order valence-electron chi connectivity index (χ2n) is 10.2. The summed E-state index contributed by atoms with van der Waals surface area (Å²) in [7, 11) is 1.70. The quantitative estimate of drug-likeness (QED) is 0.595. The van der Waals surface area contributed by atoms with E-state index in [1.165, 1.54) is 27.7 Å². The first-order valence-corrected chi connectivity index (χ1v) is 11.9. The summed E-state index contributed by atoms with van der Waals surface area (Å²) in [4.78, 5) is 6.50. The maximum atomic E-state index is 11.1. The van der Waals surface area contributed by atoms with Crippen molar-refractivity contribution in [3.8, 4) is 5.75 Å². The molecule has 2 N–H and O–H groups in total. The highest BCUT2D eigenvalue weighted by molar-refractivity contribution is 5.85. The number of para-hydroxylation sites is 1. The van der Waals surface area contributed by atoms with Crippen LogP contribution in [0.4, 0.5) is 0 Å². The molecule has 3 aromatic rings. The molecule has 4 heteroatoms. The van der Waals surface area contributed by atoms with E-state index in [4.69, 9.17) is 4.74 Å². The zero-order chi connectivity index (χ0) is 21.9. The average molecular weight is 429 g/mol. The molecule has 1 saturated carbocycles. The molecule has 1 saturated heterocycles. The highest BCUT2D eigenvalue weighted by Crippen LogP contribution is 2.51. The van der Waals surface area contributed by atoms with Gasteiger partial charge in [0, 0.05) is 29.7 Å². The summed E-state index contributed by atoms with van der Waals surface area (Å²) in [5.41, 5.74) is 6.49. The predicted molar refractivity (Wildman–Crippen MR) is 129 cm³/mol. The van der Waals surface area contributed by atoms with Crippen LogP contribution in [-0.4, -0.2) is 41.3 Å². The van der Waals surface area contributed by atoms with Crippen molar-refractivity contribution in [3.05, 3.63) is 70.9 Å². The first-order chi connectivity index (χ1) is 15.5. The van der Waals surface area contributed by atoms with Gasteiger partial charge in [-0.2, -0.15) is 0 Å². The molecule has 3 aliphatic rings. The minimum absolute atomic E-state index is 0.0293. The van der Waals surface area contributed by atoms with E-state index in [9.17, 15) is 5.11 Å². The van der Waals surface area contributed by atoms with Crippen LogP contribution in [0.25, 0.3) is 17.0 Å². The second-order valence-corrected chi connectivity index (χ2v) is 10.2. The third-order valence-electron chi connectivity index (χ3n) is 8.36. The third-order valence-corrected chi connectivity index (χ3v) is 8.36. The van der Waals surface area contributed by atoms with Crippen LogP contribution in [0.3, 0.4) is 0 Å². The van der Waals surface area contributed by atoms with Crippen molar-refractivity contribution >= 4 is 17.0 Å². The van der Waals surface area contributed by atoms with E-state index >= 15 is 0 Å². The van der Waals surface area contributed by atoms with Gasteiger partial charge in [-0.15, -0.1) is 0 Å². The van der Waals surface area contributed by atoms with E-state index in [1.807, 2.05) is 18.2 Å². The zero-order valence-corrected chi connectivity index (χ0v) is 19.0. The molecule has 166 valence electrons. The molecule has 32 heavy (non-hydrogen) atoms. The largest absolute Gasteiger partial charge is 0.497 e. The van der Waals surface area contributed by atoms with Gasteiger partial charge in [0.15, 0.2) is 0 Å². The van der Waals surface area contributed by atoms with E-state index in [0.29, 0.717) is 11.8 Å². The number of H-pyrrole nitrogens is 1. The molecule has 2 fully saturated rings. The topological polar surface area (TPSA) is 48.5 Å². The van der Waals surface area contributed by atoms with Gasteiger partial charge in [0.05, 0.1) is 18.8 Å². The molecule has 0 radical (unpaired) electrons. The number of nitrogens with zero attached hydrogens (tertiary/aromatic N) is 1. The van der Waals surface area contributed by atoms with Gasteiger partial charge in [-0.05, 0) is 79.3 Å². The summed E-state index contributed by atoms with van der Waals surface area (Å²) in [6.07, 6.45) is 5.89. The number of nitrogens with one attached hydrogen (secondary N) is 1. The summed E-state index contributed by atoms with van der Waals surface area (Å²) in [6, 6.07) is 16.8. The molecule has 1 aromatic heterocycles. The lowest BCUT2D eigenvalue weighted by molar-refractivity contribution is -0.0402. The molecular formula is C28H32N2O2. The number of fused-ring (bicyclic) bond motifs is 6. The Bertz CT molecular complexity index is 1200. The maximum absolute atomic E-state index is 11.1. The number of rotatable bonds is 2. The molecule has 0 bridgehead atoms. The van der Waals surface area contributed by atoms with E-state index < -0.39 is 0 Å². The molecule has 1 aliphatic carbocycles. The Hall–Kier alpha value is -2.56. The number of piperidine rings is 1. The Morgan fingerprint density at radius 2 is 2.03 bits per heavy atom. The van der Waals surface area contributed by atoms with Crippen LogP contribution in [0.5, 0.6) is 5.75 Å². The normalized spacial score (nSPS) is 31.2. The fraction of sp³-hybridized carbons (Fsp3) is 0.429. The Morgan fingerprint density at radius 1 is 1.16 bits per heavy atom. The number of hydrogen-bond acceptors (Lipinski definition) is 3. The predicted octanol–water partition coefficient (Wildman–Crippen LogP) is 5.12. The number of aliphatic hydroxyl groups excluding tert-OH is 1. The van der Waals surface area contributed by atoms with Gasteiger partial charge in [-0.3, -0.25) is 4.90 Å². The van der Waals surface area contributed by atoms with Crippen molar-refractivity contribution in [2.45, 2.75) is 44.2 Å². The molecular weight excluding hydrogens is 396 g/mol. The molecule has 0 amide bonds. The molecule has 2 aromatic carbocycles. The summed E-state index contributed by atoms with van der Waals surface area (Å²) >= 11 is 0. The van der Waals surface area contributed by atoms with Crippen molar-refractivity contribution in [1.29, 1.82) is 0 Å². The SMILES string of the molecule is COc1cccc(/C=C2\CC3CN4CCc5c([nH]c6ccccc56)[C@]4(C)CC3C[C@@H]2O)c1. The van der Waals surface area contributed by atoms with Crippen LogP contribution < -0.4 is 4.74 Å². The molecule has 6 rings (SSSR count). The average Bonchev–Trinajstić information content (AvgIpc) is 3.19. The number of aromatic amines is 1. The van der Waals surface area contributed by atoms with Gasteiger partial charge in [-0.1, -0.05) is 36.4 Å². The van der Waals surface area contributed by atoms with E-state index in [1.54, 1.807) is 7.11 Å². The molecule has 3 heterocycles. The first kappa shape index (κ1) is 20.1. The third kappa shape index (κ3) is 3.12. The van der Waals surface area contributed by atoms with Crippen LogP contribution >= 0.6 is 0 Å².